The van der Waals surface area contributed by atoms with Gasteiger partial charge in [-0.1, -0.05) is 48.5 Å². The van der Waals surface area contributed by atoms with Crippen molar-refractivity contribution in [2.45, 2.75) is 0 Å². The van der Waals surface area contributed by atoms with E-state index >= 15 is 0 Å². The molecule has 0 aromatic rings. The van der Waals surface area contributed by atoms with E-state index in [-0.39, 0.29) is 37.2 Å². The number of halogens is 3. The van der Waals surface area contributed by atoms with Crippen LogP contribution in [0.2, 0.25) is 0 Å². The molecular weight excluding hydrogens is 226 g/mol. The third-order valence-corrected chi connectivity index (χ3v) is 1.66. The summed E-state index contributed by atoms with van der Waals surface area (Å²) in [6, 6.07) is 16.7. The highest BCUT2D eigenvalue weighted by molar-refractivity contribution is 5.86. The Hall–Kier alpha value is -0.430. The molecule has 2 aliphatic rings. The van der Waals surface area contributed by atoms with Gasteiger partial charge < -0.3 is 0 Å². The van der Waals surface area contributed by atoms with Crippen LogP contribution in [0.25, 0.3) is 11.1 Å². The van der Waals surface area contributed by atoms with Crippen LogP contribution in [-0.2, 0) is 0 Å². The van der Waals surface area contributed by atoms with Crippen LogP contribution in [0.4, 0.5) is 0 Å². The van der Waals surface area contributed by atoms with Gasteiger partial charge in [-0.2, -0.15) is 0 Å². The van der Waals surface area contributed by atoms with Crippen LogP contribution < -0.4 is 0 Å². The Labute approximate surface area is 96.9 Å². The van der Waals surface area contributed by atoms with E-state index < -0.39 is 0 Å². The highest BCUT2D eigenvalue weighted by Crippen LogP contribution is 2.19. The van der Waals surface area contributed by atoms with Gasteiger partial charge in [0.15, 0.2) is 0 Å². The number of fused-ring (bicyclic) bond motifs is 1. The average Bonchev–Trinajstić information content (AvgIpc) is 2.28. The molecule has 2 rings (SSSR count). The smallest absolute Gasteiger partial charge is 0.0184 e. The number of rotatable bonds is 0. The van der Waals surface area contributed by atoms with Crippen molar-refractivity contribution in [3.63, 3.8) is 0 Å². The van der Waals surface area contributed by atoms with Crippen molar-refractivity contribution in [2.24, 2.45) is 0 Å². The Kier molecular flexibility index (Phi) is 8.13. The Morgan fingerprint density at radius 2 is 0.846 bits per heavy atom. The zero-order valence-corrected chi connectivity index (χ0v) is 9.29. The first-order chi connectivity index (χ1) is 4.97. The molecule has 0 bridgehead atoms. The van der Waals surface area contributed by atoms with E-state index in [2.05, 4.69) is 42.5 Å². The molecule has 0 spiro atoms. The summed E-state index contributed by atoms with van der Waals surface area (Å²) in [7, 11) is 0. The van der Waals surface area contributed by atoms with Crippen molar-refractivity contribution < 1.29 is 0 Å². The van der Waals surface area contributed by atoms with Gasteiger partial charge in [0.05, 0.1) is 0 Å². The quantitative estimate of drug-likeness (QED) is 0.648. The monoisotopic (exact) mass is 236 g/mol. The van der Waals surface area contributed by atoms with E-state index in [9.17, 15) is 0 Å². The zero-order chi connectivity index (χ0) is 6.81. The second-order valence-electron chi connectivity index (χ2n) is 2.35. The highest BCUT2D eigenvalue weighted by atomic mass is 35.5. The summed E-state index contributed by atoms with van der Waals surface area (Å²) in [5.41, 5.74) is 2.62. The van der Waals surface area contributed by atoms with Gasteiger partial charge >= 0.3 is 0 Å². The third-order valence-electron chi connectivity index (χ3n) is 1.66. The lowest BCUT2D eigenvalue weighted by Crippen LogP contribution is -1.59. The van der Waals surface area contributed by atoms with Crippen molar-refractivity contribution in [3.05, 3.63) is 48.5 Å². The molecule has 0 amide bonds. The SMILES string of the molecule is Cl.Cl.Cl.c1ccc2cccc-2cc1. The Bertz CT molecular complexity index is 281. The maximum Gasteiger partial charge on any atom is -0.0184 e. The largest absolute Gasteiger partial charge is 0.147 e. The zero-order valence-electron chi connectivity index (χ0n) is 6.84. The van der Waals surface area contributed by atoms with Crippen LogP contribution in [-0.4, -0.2) is 0 Å². The molecule has 0 N–H and O–H groups in total. The molecule has 72 valence electrons. The Morgan fingerprint density at radius 3 is 1.31 bits per heavy atom. The minimum absolute atomic E-state index is 0. The van der Waals surface area contributed by atoms with E-state index in [0.29, 0.717) is 0 Å². The van der Waals surface area contributed by atoms with Gasteiger partial charge in [-0.05, 0) is 11.1 Å². The summed E-state index contributed by atoms with van der Waals surface area (Å²) in [6.07, 6.45) is 0. The lowest BCUT2D eigenvalue weighted by Gasteiger charge is -1.85. The minimum Gasteiger partial charge on any atom is -0.147 e. The summed E-state index contributed by atoms with van der Waals surface area (Å²) >= 11 is 0. The van der Waals surface area contributed by atoms with Gasteiger partial charge in [-0.3, -0.25) is 0 Å². The van der Waals surface area contributed by atoms with Crippen LogP contribution >= 0.6 is 37.2 Å². The van der Waals surface area contributed by atoms with Gasteiger partial charge in [0.25, 0.3) is 0 Å². The van der Waals surface area contributed by atoms with Gasteiger partial charge in [0.2, 0.25) is 0 Å². The van der Waals surface area contributed by atoms with Crippen LogP contribution in [0.5, 0.6) is 0 Å². The summed E-state index contributed by atoms with van der Waals surface area (Å²) < 4.78 is 0. The van der Waals surface area contributed by atoms with E-state index in [0.717, 1.165) is 0 Å². The fraction of sp³-hybridized carbons (Fsp3) is 0. The molecule has 0 nitrogen and oxygen atoms in total. The summed E-state index contributed by atoms with van der Waals surface area (Å²) in [4.78, 5) is 0. The molecule has 0 radical (unpaired) electrons. The topological polar surface area (TPSA) is 0 Å². The first-order valence-electron chi connectivity index (χ1n) is 3.40. The van der Waals surface area contributed by atoms with Crippen molar-refractivity contribution in [3.8, 4) is 11.1 Å². The molecule has 0 saturated carbocycles. The molecule has 0 aromatic heterocycles. The molecular formula is C10H11Cl3. The average molecular weight is 238 g/mol. The van der Waals surface area contributed by atoms with Crippen molar-refractivity contribution >= 4 is 37.2 Å². The molecule has 0 atom stereocenters. The van der Waals surface area contributed by atoms with Gasteiger partial charge in [0.1, 0.15) is 0 Å². The summed E-state index contributed by atoms with van der Waals surface area (Å²) in [6.45, 7) is 0. The Balaban J connectivity index is 0. The minimum atomic E-state index is 0. The fourth-order valence-electron chi connectivity index (χ4n) is 1.13. The lowest BCUT2D eigenvalue weighted by molar-refractivity contribution is 1.84. The first-order valence-corrected chi connectivity index (χ1v) is 3.40. The number of hydrogen-bond acceptors (Lipinski definition) is 0. The molecule has 13 heavy (non-hydrogen) atoms. The Morgan fingerprint density at radius 1 is 0.462 bits per heavy atom. The van der Waals surface area contributed by atoms with Gasteiger partial charge in [-0.15, -0.1) is 37.2 Å². The van der Waals surface area contributed by atoms with Crippen molar-refractivity contribution in [1.29, 1.82) is 0 Å². The fourth-order valence-corrected chi connectivity index (χ4v) is 1.13. The van der Waals surface area contributed by atoms with Crippen molar-refractivity contribution in [2.75, 3.05) is 0 Å². The normalized spacial score (nSPS) is 7.69. The maximum absolute atomic E-state index is 2.12. The van der Waals surface area contributed by atoms with Gasteiger partial charge in [0, 0.05) is 0 Å². The second kappa shape index (κ2) is 7.02. The number of hydrogen-bond donors (Lipinski definition) is 0. The molecule has 0 heterocycles. The molecule has 0 aromatic carbocycles. The molecule has 3 heteroatoms. The molecule has 0 unspecified atom stereocenters. The second-order valence-corrected chi connectivity index (χ2v) is 2.35. The van der Waals surface area contributed by atoms with Crippen LogP contribution in [0, 0.1) is 0 Å². The van der Waals surface area contributed by atoms with Crippen molar-refractivity contribution in [1.82, 2.24) is 0 Å². The van der Waals surface area contributed by atoms with E-state index in [1.807, 2.05) is 6.07 Å². The van der Waals surface area contributed by atoms with Crippen LogP contribution in [0.1, 0.15) is 0 Å². The standard InChI is InChI=1S/C10H8.3ClH/c1-2-5-9-7-4-8-10(9)6-3-1;;;/h1-8H;3*1H. The first kappa shape index (κ1) is 15.1. The molecule has 2 aliphatic carbocycles. The predicted octanol–water partition coefficient (Wildman–Crippen LogP) is 4.06. The predicted molar refractivity (Wildman–Crippen MR) is 64.8 cm³/mol. The lowest BCUT2D eigenvalue weighted by atomic mass is 10.2. The third kappa shape index (κ3) is 3.43. The van der Waals surface area contributed by atoms with Crippen LogP contribution in [0.3, 0.4) is 0 Å². The molecule has 0 aliphatic heterocycles. The summed E-state index contributed by atoms with van der Waals surface area (Å²) in [5, 5.41) is 0. The van der Waals surface area contributed by atoms with Crippen LogP contribution in [0.15, 0.2) is 48.5 Å². The van der Waals surface area contributed by atoms with E-state index in [4.69, 9.17) is 0 Å². The molecule has 0 saturated heterocycles. The van der Waals surface area contributed by atoms with E-state index in [1.165, 1.54) is 11.1 Å². The van der Waals surface area contributed by atoms with Gasteiger partial charge in [-0.25, -0.2) is 0 Å². The summed E-state index contributed by atoms with van der Waals surface area (Å²) in [5.74, 6) is 0. The van der Waals surface area contributed by atoms with E-state index in [1.54, 1.807) is 0 Å². The maximum atomic E-state index is 2.12. The highest BCUT2D eigenvalue weighted by Gasteiger charge is 1.94. The molecule has 0 fully saturated rings.